The molecule has 0 fully saturated rings. The van der Waals surface area contributed by atoms with Gasteiger partial charge in [0.25, 0.3) is 0 Å². The Hall–Kier alpha value is -2.38. The first-order valence-corrected chi connectivity index (χ1v) is 5.38. The monoisotopic (exact) mass is 248 g/mol. The lowest BCUT2D eigenvalue weighted by molar-refractivity contribution is 0.777. The van der Waals surface area contributed by atoms with E-state index >= 15 is 0 Å². The van der Waals surface area contributed by atoms with Crippen molar-refractivity contribution >= 4 is 22.6 Å². The van der Waals surface area contributed by atoms with Crippen molar-refractivity contribution in [1.82, 2.24) is 28.2 Å². The molecule has 0 atom stereocenters. The van der Waals surface area contributed by atoms with Crippen LogP contribution in [0.4, 0.5) is 0 Å². The van der Waals surface area contributed by atoms with Gasteiger partial charge in [0.15, 0.2) is 22.6 Å². The number of imidazole rings is 2. The third-order valence-electron chi connectivity index (χ3n) is 3.24. The topological polar surface area (TPSA) is 79.6 Å². The van der Waals surface area contributed by atoms with E-state index in [2.05, 4.69) is 9.97 Å². The highest BCUT2D eigenvalue weighted by atomic mass is 16.2. The van der Waals surface area contributed by atoms with Crippen LogP contribution in [0.5, 0.6) is 0 Å². The summed E-state index contributed by atoms with van der Waals surface area (Å²) in [6, 6.07) is 0. The number of hydrogen-bond acceptors (Lipinski definition) is 4. The first-order valence-electron chi connectivity index (χ1n) is 5.38. The molecule has 3 aromatic rings. The molecule has 0 saturated carbocycles. The van der Waals surface area contributed by atoms with Crippen LogP contribution in [0.15, 0.2) is 9.59 Å². The molecule has 0 radical (unpaired) electrons. The molecule has 0 aliphatic rings. The molecule has 0 saturated heterocycles. The van der Waals surface area contributed by atoms with Crippen LogP contribution in [0.3, 0.4) is 0 Å². The number of rotatable bonds is 0. The van der Waals surface area contributed by atoms with Gasteiger partial charge in [0, 0.05) is 28.2 Å². The van der Waals surface area contributed by atoms with Gasteiger partial charge in [-0.3, -0.25) is 18.3 Å². The SMILES string of the molecule is Cn1c(=O)n(C)c2nc3c(nc21)n(C)c(=O)n3C. The quantitative estimate of drug-likeness (QED) is 0.503. The van der Waals surface area contributed by atoms with Gasteiger partial charge in [0.05, 0.1) is 0 Å². The predicted molar refractivity (Wildman–Crippen MR) is 65.5 cm³/mol. The van der Waals surface area contributed by atoms with Crippen molar-refractivity contribution in [3.05, 3.63) is 21.0 Å². The lowest BCUT2D eigenvalue weighted by Gasteiger charge is -1.96. The number of nitrogens with zero attached hydrogens (tertiary/aromatic N) is 6. The van der Waals surface area contributed by atoms with Crippen molar-refractivity contribution in [3.8, 4) is 0 Å². The summed E-state index contributed by atoms with van der Waals surface area (Å²) in [5.41, 5.74) is 1.50. The molecule has 0 aliphatic heterocycles. The van der Waals surface area contributed by atoms with Gasteiger partial charge in [0.1, 0.15) is 0 Å². The number of hydrogen-bond donors (Lipinski definition) is 0. The maximum atomic E-state index is 11.8. The Morgan fingerprint density at radius 3 is 1.06 bits per heavy atom. The Kier molecular flexibility index (Phi) is 1.85. The zero-order valence-electron chi connectivity index (χ0n) is 10.5. The molecule has 0 aliphatic carbocycles. The van der Waals surface area contributed by atoms with Gasteiger partial charge in [0.2, 0.25) is 0 Å². The summed E-state index contributed by atoms with van der Waals surface area (Å²) in [5, 5.41) is 0. The lowest BCUT2D eigenvalue weighted by atomic mass is 10.6. The smallest absolute Gasteiger partial charge is 0.278 e. The Morgan fingerprint density at radius 1 is 0.611 bits per heavy atom. The number of fused-ring (bicyclic) bond motifs is 2. The summed E-state index contributed by atoms with van der Waals surface area (Å²) in [7, 11) is 6.52. The highest BCUT2D eigenvalue weighted by Gasteiger charge is 2.16. The van der Waals surface area contributed by atoms with Crippen LogP contribution in [-0.4, -0.2) is 28.2 Å². The Balaban J connectivity index is 2.68. The van der Waals surface area contributed by atoms with Crippen molar-refractivity contribution in [3.63, 3.8) is 0 Å². The lowest BCUT2D eigenvalue weighted by Crippen LogP contribution is -2.20. The van der Waals surface area contributed by atoms with E-state index < -0.39 is 0 Å². The van der Waals surface area contributed by atoms with Crippen LogP contribution in [0, 0.1) is 0 Å². The first kappa shape index (κ1) is 10.8. The van der Waals surface area contributed by atoms with Crippen LogP contribution < -0.4 is 11.4 Å². The van der Waals surface area contributed by atoms with Crippen LogP contribution in [0.1, 0.15) is 0 Å². The van der Waals surface area contributed by atoms with Gasteiger partial charge >= 0.3 is 11.4 Å². The summed E-state index contributed by atoms with van der Waals surface area (Å²) in [4.78, 5) is 32.3. The van der Waals surface area contributed by atoms with E-state index in [1.54, 1.807) is 28.2 Å². The third kappa shape index (κ3) is 1.04. The predicted octanol–water partition coefficient (Wildman–Crippen LogP) is -1.14. The molecule has 3 aromatic heterocycles. The normalized spacial score (nSPS) is 11.8. The van der Waals surface area contributed by atoms with Gasteiger partial charge in [-0.15, -0.1) is 0 Å². The maximum Gasteiger partial charge on any atom is 0.330 e. The second-order valence-corrected chi connectivity index (χ2v) is 4.32. The van der Waals surface area contributed by atoms with Crippen molar-refractivity contribution in [1.29, 1.82) is 0 Å². The first-order chi connectivity index (χ1) is 8.43. The molecule has 3 rings (SSSR count). The largest absolute Gasteiger partial charge is 0.330 e. The van der Waals surface area contributed by atoms with E-state index in [1.165, 1.54) is 18.3 Å². The second kappa shape index (κ2) is 3.09. The molecular formula is C10H12N6O2. The summed E-state index contributed by atoms with van der Waals surface area (Å²) in [6.45, 7) is 0. The molecule has 0 unspecified atom stereocenters. The molecule has 0 amide bonds. The van der Waals surface area contributed by atoms with Gasteiger partial charge in [-0.05, 0) is 0 Å². The molecule has 8 nitrogen and oxygen atoms in total. The summed E-state index contributed by atoms with van der Waals surface area (Å²) < 4.78 is 5.66. The molecule has 8 heteroatoms. The zero-order chi connectivity index (χ0) is 13.2. The van der Waals surface area contributed by atoms with E-state index in [4.69, 9.17) is 0 Å². The zero-order valence-corrected chi connectivity index (χ0v) is 10.5. The Morgan fingerprint density at radius 2 is 0.833 bits per heavy atom. The van der Waals surface area contributed by atoms with Crippen LogP contribution >= 0.6 is 0 Å². The Labute approximate surface area is 101 Å². The molecular weight excluding hydrogens is 236 g/mol. The molecule has 3 heterocycles. The number of aromatic nitrogens is 6. The average molecular weight is 248 g/mol. The number of aryl methyl sites for hydroxylation is 4. The van der Waals surface area contributed by atoms with E-state index in [9.17, 15) is 9.59 Å². The second-order valence-electron chi connectivity index (χ2n) is 4.32. The fourth-order valence-corrected chi connectivity index (χ4v) is 2.11. The summed E-state index contributed by atoms with van der Waals surface area (Å²) in [6.07, 6.45) is 0. The van der Waals surface area contributed by atoms with E-state index in [0.29, 0.717) is 22.6 Å². The maximum absolute atomic E-state index is 11.8. The fraction of sp³-hybridized carbons (Fsp3) is 0.400. The van der Waals surface area contributed by atoms with Crippen LogP contribution in [0.2, 0.25) is 0 Å². The van der Waals surface area contributed by atoms with Crippen molar-refractivity contribution in [2.24, 2.45) is 28.2 Å². The molecule has 0 N–H and O–H groups in total. The molecule has 18 heavy (non-hydrogen) atoms. The highest BCUT2D eigenvalue weighted by molar-refractivity contribution is 5.79. The van der Waals surface area contributed by atoms with Gasteiger partial charge in [-0.1, -0.05) is 0 Å². The van der Waals surface area contributed by atoms with Crippen molar-refractivity contribution in [2.75, 3.05) is 0 Å². The fourth-order valence-electron chi connectivity index (χ4n) is 2.11. The average Bonchev–Trinajstić information content (AvgIpc) is 2.71. The van der Waals surface area contributed by atoms with Crippen molar-refractivity contribution in [2.45, 2.75) is 0 Å². The van der Waals surface area contributed by atoms with Gasteiger partial charge in [-0.2, -0.15) is 0 Å². The third-order valence-corrected chi connectivity index (χ3v) is 3.24. The Bertz CT molecular complexity index is 766. The van der Waals surface area contributed by atoms with Crippen molar-refractivity contribution < 1.29 is 0 Å². The van der Waals surface area contributed by atoms with E-state index in [-0.39, 0.29) is 11.4 Å². The highest BCUT2D eigenvalue weighted by Crippen LogP contribution is 2.12. The minimum Gasteiger partial charge on any atom is -0.278 e. The van der Waals surface area contributed by atoms with Crippen LogP contribution in [-0.2, 0) is 28.2 Å². The standard InChI is InChI=1S/C10H12N6O2/c1-13-5-6(14(2)9(13)17)12-8-7(11-5)15(3)10(18)16(8)4/h1-4H3. The minimum absolute atomic E-state index is 0.190. The molecule has 0 bridgehead atoms. The van der Waals surface area contributed by atoms with E-state index in [0.717, 1.165) is 0 Å². The van der Waals surface area contributed by atoms with Gasteiger partial charge < -0.3 is 0 Å². The summed E-state index contributed by atoms with van der Waals surface area (Å²) in [5.74, 6) is 0. The molecule has 94 valence electrons. The molecule has 0 spiro atoms. The summed E-state index contributed by atoms with van der Waals surface area (Å²) >= 11 is 0. The minimum atomic E-state index is -0.190. The van der Waals surface area contributed by atoms with Crippen LogP contribution in [0.25, 0.3) is 22.6 Å². The molecule has 0 aromatic carbocycles. The van der Waals surface area contributed by atoms with E-state index in [1.807, 2.05) is 0 Å². The van der Waals surface area contributed by atoms with Gasteiger partial charge in [-0.25, -0.2) is 19.6 Å².